The molecular formula is C54H89NO8. The van der Waals surface area contributed by atoms with Gasteiger partial charge in [0.15, 0.2) is 6.29 Å². The molecule has 7 unspecified atom stereocenters. The van der Waals surface area contributed by atoms with Gasteiger partial charge in [0.1, 0.15) is 24.4 Å². The molecule has 0 aromatic heterocycles. The van der Waals surface area contributed by atoms with Crippen LogP contribution in [-0.2, 0) is 14.3 Å². The molecule has 0 bridgehead atoms. The van der Waals surface area contributed by atoms with Crippen molar-refractivity contribution in [1.29, 1.82) is 0 Å². The second-order valence-corrected chi connectivity index (χ2v) is 16.5. The Balaban J connectivity index is 2.37. The lowest BCUT2D eigenvalue weighted by Crippen LogP contribution is -2.60. The average Bonchev–Trinajstić information content (AvgIpc) is 3.28. The van der Waals surface area contributed by atoms with Crippen molar-refractivity contribution >= 4 is 5.91 Å². The Kier molecular flexibility index (Phi) is 39.3. The molecule has 0 saturated carbocycles. The molecule has 0 aromatic rings. The van der Waals surface area contributed by atoms with Crippen LogP contribution in [0.1, 0.15) is 168 Å². The normalized spacial score (nSPS) is 21.2. The third kappa shape index (κ3) is 33.1. The van der Waals surface area contributed by atoms with E-state index in [1.54, 1.807) is 6.08 Å². The van der Waals surface area contributed by atoms with E-state index >= 15 is 0 Å². The zero-order valence-corrected chi connectivity index (χ0v) is 39.3. The predicted octanol–water partition coefficient (Wildman–Crippen LogP) is 11.1. The lowest BCUT2D eigenvalue weighted by Gasteiger charge is -2.40. The first-order valence-electron chi connectivity index (χ1n) is 24.6. The summed E-state index contributed by atoms with van der Waals surface area (Å²) in [6, 6.07) is -0.847. The van der Waals surface area contributed by atoms with Gasteiger partial charge in [-0.1, -0.05) is 181 Å². The van der Waals surface area contributed by atoms with E-state index in [1.807, 2.05) is 6.08 Å². The number of carbonyl (C=O) groups excluding carboxylic acids is 1. The van der Waals surface area contributed by atoms with Gasteiger partial charge >= 0.3 is 0 Å². The second-order valence-electron chi connectivity index (χ2n) is 16.5. The van der Waals surface area contributed by atoms with E-state index in [1.165, 1.54) is 57.8 Å². The Labute approximate surface area is 383 Å². The first kappa shape index (κ1) is 57.9. The summed E-state index contributed by atoms with van der Waals surface area (Å²) in [5.74, 6) is -0.225. The standard InChI is InChI=1S/C54H89NO8/c1-3-5-7-9-11-13-15-17-19-20-21-22-23-24-25-26-27-28-30-32-34-36-38-40-42-44-50(58)55-47(46-62-54-53(61)52(60)51(59)49(45-56)63-54)48(57)43-41-39-37-35-33-31-29-18-16-14-12-10-8-6-4-2/h5,7,11,13,17,19,21-22,24-25,27-28,32-35,41,43,47-49,51-54,56-57,59-61H,3-4,6,8-10,12,14-16,18,20,23,26,29-31,36-40,42,44-46H2,1-2H3,(H,55,58)/b7-5-,13-11-,19-17-,22-21-,25-24-,28-27-,34-32-,35-33+,43-41+. The number of hydrogen-bond acceptors (Lipinski definition) is 8. The van der Waals surface area contributed by atoms with E-state index in [9.17, 15) is 30.3 Å². The molecule has 0 radical (unpaired) electrons. The lowest BCUT2D eigenvalue weighted by molar-refractivity contribution is -0.302. The average molecular weight is 880 g/mol. The molecule has 1 heterocycles. The number of nitrogens with one attached hydrogen (secondary N) is 1. The quantitative estimate of drug-likeness (QED) is 0.0264. The van der Waals surface area contributed by atoms with E-state index in [0.29, 0.717) is 12.8 Å². The maximum atomic E-state index is 13.0. The number of aliphatic hydroxyl groups excluding tert-OH is 5. The summed E-state index contributed by atoms with van der Waals surface area (Å²) in [6.45, 7) is 3.60. The molecule has 9 heteroatoms. The van der Waals surface area contributed by atoms with Crippen LogP contribution >= 0.6 is 0 Å². The number of amides is 1. The van der Waals surface area contributed by atoms with Crippen LogP contribution in [0.4, 0.5) is 0 Å². The molecule has 358 valence electrons. The maximum absolute atomic E-state index is 13.0. The predicted molar refractivity (Wildman–Crippen MR) is 262 cm³/mol. The molecule has 1 aliphatic rings. The van der Waals surface area contributed by atoms with Gasteiger partial charge in [-0.2, -0.15) is 0 Å². The molecule has 1 rings (SSSR count). The highest BCUT2D eigenvalue weighted by atomic mass is 16.7. The van der Waals surface area contributed by atoms with Gasteiger partial charge in [-0.05, 0) is 89.9 Å². The first-order chi connectivity index (χ1) is 30.8. The maximum Gasteiger partial charge on any atom is 0.220 e. The van der Waals surface area contributed by atoms with E-state index in [-0.39, 0.29) is 12.5 Å². The number of ether oxygens (including phenoxy) is 2. The van der Waals surface area contributed by atoms with Crippen LogP contribution in [0, 0.1) is 0 Å². The molecule has 0 aromatic carbocycles. The molecule has 0 aliphatic carbocycles. The van der Waals surface area contributed by atoms with Crippen LogP contribution in [0.5, 0.6) is 0 Å². The highest BCUT2D eigenvalue weighted by Crippen LogP contribution is 2.22. The van der Waals surface area contributed by atoms with Gasteiger partial charge < -0.3 is 40.3 Å². The molecule has 1 aliphatic heterocycles. The summed E-state index contributed by atoms with van der Waals surface area (Å²) >= 11 is 0. The first-order valence-corrected chi connectivity index (χ1v) is 24.6. The molecule has 6 N–H and O–H groups in total. The van der Waals surface area contributed by atoms with E-state index in [0.717, 1.165) is 83.5 Å². The zero-order chi connectivity index (χ0) is 45.9. The number of hydrogen-bond donors (Lipinski definition) is 6. The number of unbranched alkanes of at least 4 members (excludes halogenated alkanes) is 13. The summed E-state index contributed by atoms with van der Waals surface area (Å²) in [4.78, 5) is 13.0. The van der Waals surface area contributed by atoms with Gasteiger partial charge in [0.05, 0.1) is 25.4 Å². The summed E-state index contributed by atoms with van der Waals surface area (Å²) < 4.78 is 11.2. The van der Waals surface area contributed by atoms with Crippen molar-refractivity contribution in [3.63, 3.8) is 0 Å². The van der Waals surface area contributed by atoms with Gasteiger partial charge in [-0.3, -0.25) is 4.79 Å². The summed E-state index contributed by atoms with van der Waals surface area (Å²) in [7, 11) is 0. The summed E-state index contributed by atoms with van der Waals surface area (Å²) in [6.07, 6.45) is 55.6. The summed E-state index contributed by atoms with van der Waals surface area (Å²) in [5, 5.41) is 54.2. The molecule has 1 fully saturated rings. The van der Waals surface area contributed by atoms with Crippen LogP contribution in [-0.4, -0.2) is 87.5 Å². The van der Waals surface area contributed by atoms with Crippen molar-refractivity contribution in [2.45, 2.75) is 211 Å². The smallest absolute Gasteiger partial charge is 0.220 e. The lowest BCUT2D eigenvalue weighted by atomic mass is 9.99. The van der Waals surface area contributed by atoms with Crippen molar-refractivity contribution in [2.75, 3.05) is 13.2 Å². The highest BCUT2D eigenvalue weighted by Gasteiger charge is 2.44. The Bertz CT molecular complexity index is 1340. The molecule has 63 heavy (non-hydrogen) atoms. The highest BCUT2D eigenvalue weighted by molar-refractivity contribution is 5.76. The topological polar surface area (TPSA) is 149 Å². The van der Waals surface area contributed by atoms with Crippen LogP contribution in [0.2, 0.25) is 0 Å². The second kappa shape index (κ2) is 42.8. The minimum Gasteiger partial charge on any atom is -0.394 e. The minimum absolute atomic E-state index is 0.222. The van der Waals surface area contributed by atoms with Gasteiger partial charge in [0.2, 0.25) is 5.91 Å². The van der Waals surface area contributed by atoms with E-state index in [2.05, 4.69) is 116 Å². The van der Waals surface area contributed by atoms with Crippen molar-refractivity contribution in [2.24, 2.45) is 0 Å². The van der Waals surface area contributed by atoms with Crippen LogP contribution < -0.4 is 5.32 Å². The minimum atomic E-state index is -1.58. The fourth-order valence-electron chi connectivity index (χ4n) is 6.91. The van der Waals surface area contributed by atoms with E-state index < -0.39 is 49.5 Å². The Morgan fingerprint density at radius 1 is 0.556 bits per heavy atom. The molecule has 0 spiro atoms. The third-order valence-electron chi connectivity index (χ3n) is 10.8. The zero-order valence-electron chi connectivity index (χ0n) is 39.3. The van der Waals surface area contributed by atoms with Crippen molar-refractivity contribution in [3.8, 4) is 0 Å². The van der Waals surface area contributed by atoms with Crippen molar-refractivity contribution < 1.29 is 39.8 Å². The fraction of sp³-hybridized carbons (Fsp3) is 0.648. The molecule has 9 nitrogen and oxygen atoms in total. The van der Waals surface area contributed by atoms with Crippen LogP contribution in [0.15, 0.2) is 109 Å². The monoisotopic (exact) mass is 880 g/mol. The Morgan fingerprint density at radius 2 is 1.00 bits per heavy atom. The number of allylic oxidation sites excluding steroid dienone is 17. The number of carbonyl (C=O) groups is 1. The third-order valence-corrected chi connectivity index (χ3v) is 10.8. The molecule has 1 saturated heterocycles. The Hall–Kier alpha value is -3.15. The van der Waals surface area contributed by atoms with Gasteiger partial charge in [-0.25, -0.2) is 0 Å². The van der Waals surface area contributed by atoms with E-state index in [4.69, 9.17) is 9.47 Å². The van der Waals surface area contributed by atoms with Crippen molar-refractivity contribution in [3.05, 3.63) is 109 Å². The molecular weight excluding hydrogens is 791 g/mol. The largest absolute Gasteiger partial charge is 0.394 e. The number of aliphatic hydroxyl groups is 5. The Morgan fingerprint density at radius 3 is 1.52 bits per heavy atom. The van der Waals surface area contributed by atoms with Gasteiger partial charge in [0.25, 0.3) is 0 Å². The van der Waals surface area contributed by atoms with Crippen LogP contribution in [0.25, 0.3) is 0 Å². The molecule has 7 atom stereocenters. The number of rotatable bonds is 39. The van der Waals surface area contributed by atoms with Gasteiger partial charge in [0, 0.05) is 6.42 Å². The fourth-order valence-corrected chi connectivity index (χ4v) is 6.91. The van der Waals surface area contributed by atoms with Gasteiger partial charge in [-0.15, -0.1) is 0 Å². The summed E-state index contributed by atoms with van der Waals surface area (Å²) in [5.41, 5.74) is 0. The van der Waals surface area contributed by atoms with Crippen LogP contribution in [0.3, 0.4) is 0 Å². The van der Waals surface area contributed by atoms with Crippen molar-refractivity contribution in [1.82, 2.24) is 5.32 Å². The SMILES string of the molecule is CC/C=C\C/C=C\C/C=C\C/C=C\C/C=C\C/C=C\C/C=C\CCCCCC(=O)NC(COC1OC(CO)C(O)C(O)C1O)C(O)/C=C/CC/C=C/CCCCCCCCCCC. The molecule has 1 amide bonds.